The van der Waals surface area contributed by atoms with Crippen molar-refractivity contribution in [2.45, 2.75) is 20.8 Å². The highest BCUT2D eigenvalue weighted by atomic mass is 35.5. The largest absolute Gasteiger partial charge is 0.326 e. The molecule has 1 aromatic heterocycles. The number of amides is 2. The van der Waals surface area contributed by atoms with Gasteiger partial charge < -0.3 is 10.6 Å². The van der Waals surface area contributed by atoms with Crippen LogP contribution in [0.25, 0.3) is 10.9 Å². The lowest BCUT2D eigenvalue weighted by atomic mass is 10.1. The van der Waals surface area contributed by atoms with Crippen LogP contribution in [0.2, 0.25) is 5.15 Å². The van der Waals surface area contributed by atoms with Crippen molar-refractivity contribution in [1.82, 2.24) is 4.98 Å². The van der Waals surface area contributed by atoms with Gasteiger partial charge in [0, 0.05) is 23.7 Å². The zero-order valence-electron chi connectivity index (χ0n) is 14.7. The summed E-state index contributed by atoms with van der Waals surface area (Å²) in [5.41, 5.74) is 4.47. The van der Waals surface area contributed by atoms with E-state index in [9.17, 15) is 9.59 Å². The second-order valence-corrected chi connectivity index (χ2v) is 6.55. The van der Waals surface area contributed by atoms with E-state index in [1.165, 1.54) is 6.92 Å². The summed E-state index contributed by atoms with van der Waals surface area (Å²) < 4.78 is 0. The second kappa shape index (κ2) is 7.14. The normalized spacial score (nSPS) is 10.6. The molecular weight excluding hydrogens is 350 g/mol. The summed E-state index contributed by atoms with van der Waals surface area (Å²) in [7, 11) is 0. The summed E-state index contributed by atoms with van der Waals surface area (Å²) in [6.45, 7) is 5.40. The van der Waals surface area contributed by atoms with E-state index < -0.39 is 0 Å². The third-order valence-corrected chi connectivity index (χ3v) is 4.20. The minimum atomic E-state index is -0.337. The van der Waals surface area contributed by atoms with Gasteiger partial charge in [-0.3, -0.25) is 9.59 Å². The molecule has 132 valence electrons. The number of fused-ring (bicyclic) bond motifs is 1. The summed E-state index contributed by atoms with van der Waals surface area (Å²) in [6, 6.07) is 12.6. The first kappa shape index (κ1) is 17.9. The van der Waals surface area contributed by atoms with E-state index in [1.54, 1.807) is 30.3 Å². The highest BCUT2D eigenvalue weighted by molar-refractivity contribution is 6.34. The first-order valence-corrected chi connectivity index (χ1v) is 8.48. The summed E-state index contributed by atoms with van der Waals surface area (Å²) in [5, 5.41) is 6.51. The van der Waals surface area contributed by atoms with Crippen LogP contribution in [0.4, 0.5) is 11.4 Å². The Morgan fingerprint density at radius 1 is 0.962 bits per heavy atom. The fourth-order valence-electron chi connectivity index (χ4n) is 2.83. The van der Waals surface area contributed by atoms with Gasteiger partial charge in [0.05, 0.1) is 11.1 Å². The molecule has 0 atom stereocenters. The molecule has 2 N–H and O–H groups in total. The van der Waals surface area contributed by atoms with E-state index >= 15 is 0 Å². The van der Waals surface area contributed by atoms with Gasteiger partial charge in [-0.15, -0.1) is 0 Å². The zero-order valence-corrected chi connectivity index (χ0v) is 15.4. The zero-order chi connectivity index (χ0) is 18.8. The van der Waals surface area contributed by atoms with Gasteiger partial charge in [-0.1, -0.05) is 23.2 Å². The summed E-state index contributed by atoms with van der Waals surface area (Å²) >= 11 is 6.24. The number of aryl methyl sites for hydroxylation is 2. The first-order valence-electron chi connectivity index (χ1n) is 8.10. The molecule has 0 saturated heterocycles. The van der Waals surface area contributed by atoms with Gasteiger partial charge in [-0.05, 0) is 55.8 Å². The lowest BCUT2D eigenvalue weighted by Gasteiger charge is -2.10. The van der Waals surface area contributed by atoms with E-state index in [1.807, 2.05) is 26.0 Å². The van der Waals surface area contributed by atoms with Crippen LogP contribution < -0.4 is 10.6 Å². The first-order chi connectivity index (χ1) is 12.3. The molecule has 2 aromatic carbocycles. The Morgan fingerprint density at radius 2 is 1.58 bits per heavy atom. The molecule has 0 saturated carbocycles. The maximum atomic E-state index is 12.6. The predicted molar refractivity (Wildman–Crippen MR) is 105 cm³/mol. The predicted octanol–water partition coefficient (Wildman–Crippen LogP) is 4.72. The highest BCUT2D eigenvalue weighted by Gasteiger charge is 2.14. The molecule has 0 unspecified atom stereocenters. The Bertz CT molecular complexity index is 1010. The lowest BCUT2D eigenvalue weighted by molar-refractivity contribution is -0.114. The topological polar surface area (TPSA) is 71.1 Å². The molecule has 0 radical (unpaired) electrons. The number of halogens is 1. The van der Waals surface area contributed by atoms with Crippen molar-refractivity contribution < 1.29 is 9.59 Å². The van der Waals surface area contributed by atoms with Crippen LogP contribution in [0.15, 0.2) is 42.5 Å². The smallest absolute Gasteiger partial charge is 0.258 e. The average Bonchev–Trinajstić information content (AvgIpc) is 2.56. The summed E-state index contributed by atoms with van der Waals surface area (Å²) in [5.74, 6) is -0.489. The van der Waals surface area contributed by atoms with Crippen molar-refractivity contribution in [3.8, 4) is 0 Å². The minimum Gasteiger partial charge on any atom is -0.326 e. The molecule has 0 aliphatic heterocycles. The van der Waals surface area contributed by atoms with Crippen molar-refractivity contribution in [3.05, 3.63) is 64.3 Å². The van der Waals surface area contributed by atoms with Crippen molar-refractivity contribution in [2.24, 2.45) is 0 Å². The van der Waals surface area contributed by atoms with Gasteiger partial charge in [0.25, 0.3) is 5.91 Å². The number of hydrogen-bond donors (Lipinski definition) is 2. The molecule has 3 aromatic rings. The van der Waals surface area contributed by atoms with Crippen molar-refractivity contribution in [1.29, 1.82) is 0 Å². The number of pyridine rings is 1. The van der Waals surface area contributed by atoms with Crippen molar-refractivity contribution in [3.63, 3.8) is 0 Å². The number of aromatic nitrogens is 1. The van der Waals surface area contributed by atoms with Gasteiger partial charge in [0.15, 0.2) is 0 Å². The van der Waals surface area contributed by atoms with Crippen LogP contribution in [0.3, 0.4) is 0 Å². The van der Waals surface area contributed by atoms with Crippen LogP contribution in [0.1, 0.15) is 28.4 Å². The number of rotatable bonds is 3. The van der Waals surface area contributed by atoms with Crippen molar-refractivity contribution in [2.75, 3.05) is 10.6 Å². The third-order valence-electron chi connectivity index (χ3n) is 3.91. The Balaban J connectivity index is 1.87. The Labute approximate surface area is 156 Å². The van der Waals surface area contributed by atoms with E-state index in [-0.39, 0.29) is 17.0 Å². The van der Waals surface area contributed by atoms with Crippen LogP contribution in [0.5, 0.6) is 0 Å². The molecule has 3 rings (SSSR count). The SMILES string of the molecule is CC(=O)Nc1ccc(NC(=O)c2cc3cc(C)cc(C)c3nc2Cl)cc1. The molecule has 0 aliphatic carbocycles. The number of carbonyl (C=O) groups excluding carboxylic acids is 2. The molecular formula is C20H18ClN3O2. The van der Waals surface area contributed by atoms with Gasteiger partial charge in [-0.2, -0.15) is 0 Å². The molecule has 0 spiro atoms. The summed E-state index contributed by atoms with van der Waals surface area (Å²) in [4.78, 5) is 28.0. The maximum absolute atomic E-state index is 12.6. The molecule has 2 amide bonds. The van der Waals surface area contributed by atoms with E-state index in [2.05, 4.69) is 15.6 Å². The van der Waals surface area contributed by atoms with E-state index in [0.717, 1.165) is 22.0 Å². The molecule has 26 heavy (non-hydrogen) atoms. The van der Waals surface area contributed by atoms with Gasteiger partial charge in [-0.25, -0.2) is 4.98 Å². The average molecular weight is 368 g/mol. The second-order valence-electron chi connectivity index (χ2n) is 6.19. The van der Waals surface area contributed by atoms with E-state index in [4.69, 9.17) is 11.6 Å². The van der Waals surface area contributed by atoms with Crippen LogP contribution in [0, 0.1) is 13.8 Å². The summed E-state index contributed by atoms with van der Waals surface area (Å²) in [6.07, 6.45) is 0. The minimum absolute atomic E-state index is 0.151. The number of nitrogens with zero attached hydrogens (tertiary/aromatic N) is 1. The fraction of sp³-hybridized carbons (Fsp3) is 0.150. The molecule has 6 heteroatoms. The molecule has 0 fully saturated rings. The Kier molecular flexibility index (Phi) is 4.91. The molecule has 0 aliphatic rings. The lowest BCUT2D eigenvalue weighted by Crippen LogP contribution is -2.13. The van der Waals surface area contributed by atoms with Crippen LogP contribution in [-0.2, 0) is 4.79 Å². The van der Waals surface area contributed by atoms with Gasteiger partial charge in [0.1, 0.15) is 5.15 Å². The molecule has 5 nitrogen and oxygen atoms in total. The van der Waals surface area contributed by atoms with Gasteiger partial charge in [0.2, 0.25) is 5.91 Å². The van der Waals surface area contributed by atoms with Crippen molar-refractivity contribution >= 4 is 45.7 Å². The van der Waals surface area contributed by atoms with Crippen LogP contribution >= 0.6 is 11.6 Å². The standard InChI is InChI=1S/C20H18ClN3O2/c1-11-8-12(2)18-14(9-11)10-17(19(21)24-18)20(26)23-16-6-4-15(5-7-16)22-13(3)25/h4-10H,1-3H3,(H,22,25)(H,23,26). The van der Waals surface area contributed by atoms with Gasteiger partial charge >= 0.3 is 0 Å². The number of carbonyl (C=O) groups is 2. The Morgan fingerprint density at radius 3 is 2.19 bits per heavy atom. The molecule has 1 heterocycles. The maximum Gasteiger partial charge on any atom is 0.258 e. The van der Waals surface area contributed by atoms with Crippen LogP contribution in [-0.4, -0.2) is 16.8 Å². The Hall–Kier alpha value is -2.92. The fourth-order valence-corrected chi connectivity index (χ4v) is 3.05. The monoisotopic (exact) mass is 367 g/mol. The van der Waals surface area contributed by atoms with E-state index in [0.29, 0.717) is 16.9 Å². The quantitative estimate of drug-likeness (QED) is 0.658. The third kappa shape index (κ3) is 3.83. The number of benzene rings is 2. The molecule has 0 bridgehead atoms. The number of anilines is 2. The highest BCUT2D eigenvalue weighted by Crippen LogP contribution is 2.25. The number of nitrogens with one attached hydrogen (secondary N) is 2. The number of hydrogen-bond acceptors (Lipinski definition) is 3.